The van der Waals surface area contributed by atoms with Gasteiger partial charge in [0.2, 0.25) is 0 Å². The first-order chi connectivity index (χ1) is 6.55. The number of Topliss-reactive ketones (excluding diaryl/α,β-unsaturated/α-hetero) is 2. The fourth-order valence-electron chi connectivity index (χ4n) is 5.46. The Hall–Kier alpha value is 0.300. The van der Waals surface area contributed by atoms with Gasteiger partial charge in [-0.05, 0) is 23.7 Å². The molecule has 6 saturated carbocycles. The van der Waals surface area contributed by atoms with Crippen molar-refractivity contribution in [2.75, 3.05) is 0 Å². The van der Waals surface area contributed by atoms with E-state index in [1.54, 1.807) is 0 Å². The molecule has 6 rings (SSSR count). The standard InChI is InChI=1S/C10H6Br2O2/c11-9-3-1-2(8(9)14)4-6(9)5(3)10(4,12)7(1)13/h1-6H/t1-,2+,3+,4-,5-,6+,9+,10?/m0/s1. The van der Waals surface area contributed by atoms with Crippen LogP contribution in [0.5, 0.6) is 0 Å². The predicted octanol–water partition coefficient (Wildman–Crippen LogP) is 1.16. The Kier molecular flexibility index (Phi) is 0.824. The first-order valence-corrected chi connectivity index (χ1v) is 6.60. The molecule has 14 heavy (non-hydrogen) atoms. The van der Waals surface area contributed by atoms with E-state index in [0.29, 0.717) is 35.2 Å². The number of alkyl halides is 2. The van der Waals surface area contributed by atoms with Crippen molar-refractivity contribution in [3.8, 4) is 0 Å². The zero-order valence-electron chi connectivity index (χ0n) is 7.04. The predicted molar refractivity (Wildman–Crippen MR) is 54.3 cm³/mol. The number of ketones is 2. The molecule has 0 aromatic carbocycles. The summed E-state index contributed by atoms with van der Waals surface area (Å²) in [5, 5.41) is 0. The van der Waals surface area contributed by atoms with Gasteiger partial charge >= 0.3 is 0 Å². The number of hydrogen-bond acceptors (Lipinski definition) is 2. The molecule has 72 valence electrons. The highest BCUT2D eigenvalue weighted by molar-refractivity contribution is 9.10. The van der Waals surface area contributed by atoms with Crippen molar-refractivity contribution in [3.63, 3.8) is 0 Å². The van der Waals surface area contributed by atoms with Gasteiger partial charge in [0.1, 0.15) is 0 Å². The average molecular weight is 318 g/mol. The minimum Gasteiger partial charge on any atom is -0.298 e. The zero-order valence-corrected chi connectivity index (χ0v) is 10.2. The van der Waals surface area contributed by atoms with Crippen LogP contribution >= 0.6 is 31.9 Å². The third kappa shape index (κ3) is 0.337. The molecule has 0 radical (unpaired) electrons. The Morgan fingerprint density at radius 2 is 1.14 bits per heavy atom. The third-order valence-electron chi connectivity index (χ3n) is 5.62. The van der Waals surface area contributed by atoms with Crippen molar-refractivity contribution in [2.24, 2.45) is 35.5 Å². The third-order valence-corrected chi connectivity index (χ3v) is 8.52. The molecule has 0 N–H and O–H groups in total. The van der Waals surface area contributed by atoms with Gasteiger partial charge in [-0.2, -0.15) is 0 Å². The van der Waals surface area contributed by atoms with Crippen LogP contribution in [0.15, 0.2) is 0 Å². The summed E-state index contributed by atoms with van der Waals surface area (Å²) in [7, 11) is 0. The monoisotopic (exact) mass is 316 g/mol. The second-order valence-electron chi connectivity index (χ2n) is 5.42. The summed E-state index contributed by atoms with van der Waals surface area (Å²) >= 11 is 7.27. The van der Waals surface area contributed by atoms with Gasteiger partial charge in [-0.25, -0.2) is 0 Å². The second kappa shape index (κ2) is 1.53. The van der Waals surface area contributed by atoms with E-state index in [1.807, 2.05) is 0 Å². The lowest BCUT2D eigenvalue weighted by atomic mass is 9.41. The fraction of sp³-hybridized carbons (Fsp3) is 0.800. The fourth-order valence-corrected chi connectivity index (χ4v) is 8.27. The minimum atomic E-state index is -0.263. The smallest absolute Gasteiger partial charge is 0.154 e. The summed E-state index contributed by atoms with van der Waals surface area (Å²) in [5.41, 5.74) is 0. The van der Waals surface area contributed by atoms with Crippen molar-refractivity contribution in [1.82, 2.24) is 0 Å². The van der Waals surface area contributed by atoms with E-state index >= 15 is 0 Å². The number of hydrogen-bond donors (Lipinski definition) is 0. The van der Waals surface area contributed by atoms with Gasteiger partial charge in [0.15, 0.2) is 11.6 Å². The van der Waals surface area contributed by atoms with E-state index < -0.39 is 0 Å². The van der Waals surface area contributed by atoms with Gasteiger partial charge in [0.25, 0.3) is 0 Å². The van der Waals surface area contributed by atoms with E-state index in [9.17, 15) is 9.59 Å². The first kappa shape index (κ1) is 7.55. The molecular formula is C10H6Br2O2. The molecule has 0 saturated heterocycles. The molecule has 2 nitrogen and oxygen atoms in total. The van der Waals surface area contributed by atoms with E-state index in [1.165, 1.54) is 0 Å². The Labute approximate surface area is 97.1 Å². The Bertz CT molecular complexity index is 419. The normalized spacial score (nSPS) is 79.6. The number of rotatable bonds is 0. The minimum absolute atomic E-state index is 0.0706. The van der Waals surface area contributed by atoms with Crippen molar-refractivity contribution in [2.45, 2.75) is 8.65 Å². The molecule has 4 bridgehead atoms. The lowest BCUT2D eigenvalue weighted by Gasteiger charge is -2.68. The quantitative estimate of drug-likeness (QED) is 0.628. The van der Waals surface area contributed by atoms with Gasteiger partial charge in [-0.3, -0.25) is 9.59 Å². The van der Waals surface area contributed by atoms with Gasteiger partial charge in [-0.1, -0.05) is 31.9 Å². The zero-order chi connectivity index (χ0) is 9.62. The van der Waals surface area contributed by atoms with Crippen LogP contribution in [0.4, 0.5) is 0 Å². The number of halogens is 2. The number of carbonyl (C=O) groups is 2. The van der Waals surface area contributed by atoms with Crippen molar-refractivity contribution < 1.29 is 9.59 Å². The SMILES string of the molecule is O=C1[C@H]2[C@H]3C(=O)[C@]4(Br)[C@H]5[C@H]([C@@H]24)C1(Br)[C@@H]35. The van der Waals surface area contributed by atoms with Crippen LogP contribution in [-0.4, -0.2) is 20.2 Å². The topological polar surface area (TPSA) is 34.1 Å². The molecule has 0 heterocycles. The largest absolute Gasteiger partial charge is 0.298 e. The molecule has 0 aliphatic heterocycles. The highest BCUT2D eigenvalue weighted by Crippen LogP contribution is 2.92. The maximum absolute atomic E-state index is 12.1. The summed E-state index contributed by atoms with van der Waals surface area (Å²) in [6.45, 7) is 0. The highest BCUT2D eigenvalue weighted by Gasteiger charge is 3.00. The Balaban J connectivity index is 1.93. The van der Waals surface area contributed by atoms with Crippen LogP contribution in [0.2, 0.25) is 0 Å². The Morgan fingerprint density at radius 3 is 1.43 bits per heavy atom. The molecule has 6 aliphatic rings. The van der Waals surface area contributed by atoms with Crippen LogP contribution in [-0.2, 0) is 9.59 Å². The molecule has 6 fully saturated rings. The number of carbonyl (C=O) groups excluding carboxylic acids is 2. The lowest BCUT2D eigenvalue weighted by molar-refractivity contribution is -0.139. The van der Waals surface area contributed by atoms with Crippen LogP contribution in [0.1, 0.15) is 0 Å². The highest BCUT2D eigenvalue weighted by atomic mass is 79.9. The maximum Gasteiger partial charge on any atom is 0.154 e. The summed E-state index contributed by atoms with van der Waals surface area (Å²) in [6, 6.07) is 0. The Morgan fingerprint density at radius 1 is 0.786 bits per heavy atom. The van der Waals surface area contributed by atoms with E-state index in [2.05, 4.69) is 31.9 Å². The second-order valence-corrected chi connectivity index (χ2v) is 8.04. The van der Waals surface area contributed by atoms with Crippen molar-refractivity contribution >= 4 is 43.4 Å². The molecular weight excluding hydrogens is 312 g/mol. The van der Waals surface area contributed by atoms with Crippen molar-refractivity contribution in [3.05, 3.63) is 0 Å². The van der Waals surface area contributed by atoms with E-state index in [4.69, 9.17) is 0 Å². The summed E-state index contributed by atoms with van der Waals surface area (Å²) in [4.78, 5) is 24.1. The van der Waals surface area contributed by atoms with Crippen LogP contribution in [0.25, 0.3) is 0 Å². The molecule has 6 aliphatic carbocycles. The van der Waals surface area contributed by atoms with E-state index in [0.717, 1.165) is 0 Å². The van der Waals surface area contributed by atoms with Gasteiger partial charge in [0, 0.05) is 11.8 Å². The molecule has 1 unspecified atom stereocenters. The molecule has 8 atom stereocenters. The summed E-state index contributed by atoms with van der Waals surface area (Å²) < 4.78 is -0.526. The van der Waals surface area contributed by atoms with Crippen LogP contribution < -0.4 is 0 Å². The van der Waals surface area contributed by atoms with E-state index in [-0.39, 0.29) is 20.5 Å². The molecule has 4 heteroatoms. The summed E-state index contributed by atoms with van der Waals surface area (Å²) in [5.74, 6) is 2.45. The summed E-state index contributed by atoms with van der Waals surface area (Å²) in [6.07, 6.45) is 0. The van der Waals surface area contributed by atoms with Crippen molar-refractivity contribution in [1.29, 1.82) is 0 Å². The molecule has 0 amide bonds. The molecule has 0 aromatic heterocycles. The lowest BCUT2D eigenvalue weighted by Crippen LogP contribution is -2.74. The maximum atomic E-state index is 12.1. The van der Waals surface area contributed by atoms with Gasteiger partial charge in [-0.15, -0.1) is 0 Å². The molecule has 0 aromatic rings. The van der Waals surface area contributed by atoms with Crippen LogP contribution in [0, 0.1) is 35.5 Å². The molecule has 0 spiro atoms. The average Bonchev–Trinajstić information content (AvgIpc) is 2.54. The van der Waals surface area contributed by atoms with Gasteiger partial charge in [0.05, 0.1) is 8.65 Å². The van der Waals surface area contributed by atoms with Crippen LogP contribution in [0.3, 0.4) is 0 Å². The van der Waals surface area contributed by atoms with Gasteiger partial charge < -0.3 is 0 Å². The first-order valence-electron chi connectivity index (χ1n) is 5.02.